The lowest BCUT2D eigenvalue weighted by atomic mass is 10.1. The predicted octanol–water partition coefficient (Wildman–Crippen LogP) is 2.76. The van der Waals surface area contributed by atoms with Crippen molar-refractivity contribution in [1.82, 2.24) is 0 Å². The normalized spacial score (nSPS) is 9.62. The van der Waals surface area contributed by atoms with Crippen LogP contribution in [-0.2, 0) is 0 Å². The van der Waals surface area contributed by atoms with Gasteiger partial charge in [0.25, 0.3) is 0 Å². The van der Waals surface area contributed by atoms with Gasteiger partial charge in [-0.2, -0.15) is 0 Å². The lowest BCUT2D eigenvalue weighted by Gasteiger charge is -1.98. The van der Waals surface area contributed by atoms with E-state index in [4.69, 9.17) is 4.74 Å². The zero-order chi connectivity index (χ0) is 11.8. The topological polar surface area (TPSA) is 26.3 Å². The smallest absolute Gasteiger partial charge is 0.236 e. The van der Waals surface area contributed by atoms with Gasteiger partial charge in [0, 0.05) is 5.56 Å². The van der Waals surface area contributed by atoms with Gasteiger partial charge in [-0.3, -0.25) is 4.79 Å². The van der Waals surface area contributed by atoms with E-state index in [0.717, 1.165) is 5.75 Å². The Bertz CT molecular complexity index is 435. The van der Waals surface area contributed by atoms with Crippen molar-refractivity contribution < 1.29 is 9.53 Å². The third kappa shape index (κ3) is 3.84. The predicted molar refractivity (Wildman–Crippen MR) is 67.8 cm³/mol. The van der Waals surface area contributed by atoms with Crippen LogP contribution in [0.2, 0.25) is 0 Å². The van der Waals surface area contributed by atoms with Crippen LogP contribution in [0.15, 0.2) is 35.7 Å². The lowest BCUT2D eigenvalue weighted by Crippen LogP contribution is -1.94. The van der Waals surface area contributed by atoms with Gasteiger partial charge >= 0.3 is 0 Å². The molecule has 16 heavy (non-hydrogen) atoms. The summed E-state index contributed by atoms with van der Waals surface area (Å²) in [6.07, 6.45) is 3.59. The van der Waals surface area contributed by atoms with E-state index in [0.29, 0.717) is 5.56 Å². The van der Waals surface area contributed by atoms with Gasteiger partial charge in [0.15, 0.2) is 0 Å². The van der Waals surface area contributed by atoms with Gasteiger partial charge in [-0.1, -0.05) is 5.92 Å². The highest BCUT2D eigenvalue weighted by molar-refractivity contribution is 8.01. The Labute approximate surface area is 99.7 Å². The number of carbonyl (C=O) groups excluding carboxylic acids is 1. The van der Waals surface area contributed by atoms with Crippen molar-refractivity contribution >= 4 is 17.5 Å². The van der Waals surface area contributed by atoms with E-state index in [1.807, 2.05) is 11.7 Å². The van der Waals surface area contributed by atoms with Crippen molar-refractivity contribution in [3.8, 4) is 17.6 Å². The molecule has 0 aliphatic rings. The quantitative estimate of drug-likeness (QED) is 0.455. The number of hydrogen-bond acceptors (Lipinski definition) is 3. The number of benzene rings is 1. The highest BCUT2D eigenvalue weighted by atomic mass is 32.2. The molecule has 0 amide bonds. The fourth-order valence-electron chi connectivity index (χ4n) is 1.02. The zero-order valence-corrected chi connectivity index (χ0v) is 10.0. The Kier molecular flexibility index (Phi) is 5.24. The molecule has 82 valence electrons. The molecule has 0 heterocycles. The molecule has 1 aromatic rings. The van der Waals surface area contributed by atoms with Gasteiger partial charge in [-0.25, -0.2) is 0 Å². The van der Waals surface area contributed by atoms with Crippen LogP contribution >= 0.6 is 11.8 Å². The lowest BCUT2D eigenvalue weighted by molar-refractivity contribution is 0.105. The summed E-state index contributed by atoms with van der Waals surface area (Å²) in [6.45, 7) is 0. The number of ketones is 1. The van der Waals surface area contributed by atoms with Crippen LogP contribution < -0.4 is 4.74 Å². The number of methoxy groups -OCH3 is 1. The molecule has 0 atom stereocenters. The first-order valence-electron chi connectivity index (χ1n) is 4.65. The first-order valence-corrected chi connectivity index (χ1v) is 5.94. The van der Waals surface area contributed by atoms with E-state index < -0.39 is 0 Å². The first-order chi connectivity index (χ1) is 7.77. The summed E-state index contributed by atoms with van der Waals surface area (Å²) < 4.78 is 5.00. The van der Waals surface area contributed by atoms with Gasteiger partial charge in [0.1, 0.15) is 5.75 Å². The van der Waals surface area contributed by atoms with E-state index >= 15 is 0 Å². The van der Waals surface area contributed by atoms with Gasteiger partial charge in [0.2, 0.25) is 5.78 Å². The molecule has 0 bridgehead atoms. The number of rotatable bonds is 3. The summed E-state index contributed by atoms with van der Waals surface area (Å²) in [7, 11) is 1.59. The molecule has 0 saturated carbocycles. The van der Waals surface area contributed by atoms with Gasteiger partial charge in [0.05, 0.1) is 7.11 Å². The number of ether oxygens (including phenoxy) is 1. The molecule has 0 aliphatic carbocycles. The van der Waals surface area contributed by atoms with Crippen LogP contribution in [0.5, 0.6) is 5.75 Å². The van der Waals surface area contributed by atoms with Crippen LogP contribution in [-0.4, -0.2) is 19.1 Å². The van der Waals surface area contributed by atoms with Crippen molar-refractivity contribution in [1.29, 1.82) is 0 Å². The molecule has 0 aromatic heterocycles. The maximum absolute atomic E-state index is 11.6. The van der Waals surface area contributed by atoms with Crippen molar-refractivity contribution in [3.63, 3.8) is 0 Å². The summed E-state index contributed by atoms with van der Waals surface area (Å²) in [6, 6.07) is 6.89. The van der Waals surface area contributed by atoms with Crippen molar-refractivity contribution in [2.75, 3.05) is 13.4 Å². The van der Waals surface area contributed by atoms with Crippen molar-refractivity contribution in [2.45, 2.75) is 0 Å². The second-order valence-corrected chi connectivity index (χ2v) is 3.61. The van der Waals surface area contributed by atoms with E-state index in [1.54, 1.807) is 49.2 Å². The monoisotopic (exact) mass is 232 g/mol. The number of hydrogen-bond donors (Lipinski definition) is 0. The minimum Gasteiger partial charge on any atom is -0.497 e. The summed E-state index contributed by atoms with van der Waals surface area (Å²) in [4.78, 5) is 11.6. The molecule has 1 aromatic carbocycles. The Morgan fingerprint density at radius 3 is 2.62 bits per heavy atom. The van der Waals surface area contributed by atoms with E-state index in [9.17, 15) is 4.79 Å². The molecular weight excluding hydrogens is 220 g/mol. The van der Waals surface area contributed by atoms with Crippen LogP contribution in [0.4, 0.5) is 0 Å². The molecule has 2 nitrogen and oxygen atoms in total. The van der Waals surface area contributed by atoms with Crippen LogP contribution in [0.25, 0.3) is 0 Å². The second-order valence-electron chi connectivity index (χ2n) is 2.87. The maximum atomic E-state index is 11.6. The summed E-state index contributed by atoms with van der Waals surface area (Å²) in [5.41, 5.74) is 0.575. The van der Waals surface area contributed by atoms with Crippen LogP contribution in [0.1, 0.15) is 10.4 Å². The van der Waals surface area contributed by atoms with Gasteiger partial charge in [-0.15, -0.1) is 11.8 Å². The Balaban J connectivity index is 2.72. The van der Waals surface area contributed by atoms with Crippen molar-refractivity contribution in [2.24, 2.45) is 0 Å². The largest absolute Gasteiger partial charge is 0.497 e. The van der Waals surface area contributed by atoms with E-state index in [2.05, 4.69) is 11.8 Å². The number of thioether (sulfide) groups is 1. The van der Waals surface area contributed by atoms with Gasteiger partial charge < -0.3 is 4.74 Å². The molecule has 3 heteroatoms. The molecule has 0 spiro atoms. The fourth-order valence-corrected chi connectivity index (χ4v) is 1.23. The number of carbonyl (C=O) groups is 1. The molecule has 0 N–H and O–H groups in total. The molecule has 0 unspecified atom stereocenters. The molecule has 0 aliphatic heterocycles. The molecular formula is C13H12O2S. The van der Waals surface area contributed by atoms with Crippen LogP contribution in [0.3, 0.4) is 0 Å². The Morgan fingerprint density at radius 2 is 2.06 bits per heavy atom. The van der Waals surface area contributed by atoms with Gasteiger partial charge in [-0.05, 0) is 47.9 Å². The highest BCUT2D eigenvalue weighted by Gasteiger charge is 2.00. The van der Waals surface area contributed by atoms with Crippen molar-refractivity contribution in [3.05, 3.63) is 41.3 Å². The zero-order valence-electron chi connectivity index (χ0n) is 9.19. The van der Waals surface area contributed by atoms with E-state index in [-0.39, 0.29) is 5.78 Å². The van der Waals surface area contributed by atoms with Crippen LogP contribution in [0, 0.1) is 11.8 Å². The highest BCUT2D eigenvalue weighted by Crippen LogP contribution is 2.11. The molecule has 0 fully saturated rings. The summed E-state index contributed by atoms with van der Waals surface area (Å²) in [5.74, 6) is 5.76. The molecule has 0 saturated heterocycles. The maximum Gasteiger partial charge on any atom is 0.236 e. The Morgan fingerprint density at radius 1 is 1.38 bits per heavy atom. The summed E-state index contributed by atoms with van der Waals surface area (Å²) >= 11 is 1.54. The minimum atomic E-state index is -0.187. The summed E-state index contributed by atoms with van der Waals surface area (Å²) in [5, 5.41) is 1.83. The standard InChI is InChI=1S/C13H12O2S/c1-15-12-8-6-11(7-9-12)13(14)5-3-4-10-16-2/h4,6-10H,1-2H3. The third-order valence-electron chi connectivity index (χ3n) is 1.83. The molecule has 0 radical (unpaired) electrons. The first kappa shape index (κ1) is 12.4. The second kappa shape index (κ2) is 6.76. The number of Topliss-reactive ketones (excluding diaryl/α,β-unsaturated/α-hetero) is 1. The average molecular weight is 232 g/mol. The molecule has 1 rings (SSSR count). The SMILES string of the molecule is COc1ccc(C(=O)C#CC=CSC)cc1. The third-order valence-corrected chi connectivity index (χ3v) is 2.23. The Hall–Kier alpha value is -1.66. The fraction of sp³-hybridized carbons (Fsp3) is 0.154. The minimum absolute atomic E-state index is 0.187. The average Bonchev–Trinajstić information content (AvgIpc) is 2.34. The number of allylic oxidation sites excluding steroid dienone is 1. The van der Waals surface area contributed by atoms with E-state index in [1.165, 1.54) is 0 Å².